The van der Waals surface area contributed by atoms with Gasteiger partial charge in [-0.25, -0.2) is 5.53 Å². The fourth-order valence-corrected chi connectivity index (χ4v) is 0.501. The second kappa shape index (κ2) is 5.47. The topological polar surface area (TPSA) is 82.5 Å². The summed E-state index contributed by atoms with van der Waals surface area (Å²) in [5.41, 5.74) is 12.6. The van der Waals surface area contributed by atoms with Gasteiger partial charge < -0.3 is 10.8 Å². The summed E-state index contributed by atoms with van der Waals surface area (Å²) in [6.45, 7) is 5.50. The number of nitrogens with two attached hydrogens (primary N) is 1. The summed E-state index contributed by atoms with van der Waals surface area (Å²) < 4.78 is 0. The van der Waals surface area contributed by atoms with Gasteiger partial charge in [-0.1, -0.05) is 24.0 Å². The largest absolute Gasteiger partial charge is 0.375 e. The zero-order valence-corrected chi connectivity index (χ0v) is 7.04. The molecular weight excluding hydrogens is 154 g/mol. The minimum absolute atomic E-state index is 0.540. The number of allylic oxidation sites excluding steroid dienone is 1. The van der Waals surface area contributed by atoms with Gasteiger partial charge in [-0.15, -0.1) is 0 Å². The van der Waals surface area contributed by atoms with E-state index in [1.165, 1.54) is 0 Å². The van der Waals surface area contributed by atoms with Crippen molar-refractivity contribution in [2.45, 2.75) is 25.6 Å². The molecule has 0 aromatic heterocycles. The first kappa shape index (κ1) is 10.8. The maximum absolute atomic E-state index is 8.82. The van der Waals surface area contributed by atoms with Gasteiger partial charge in [0.05, 0.1) is 0 Å². The number of rotatable bonds is 3. The van der Waals surface area contributed by atoms with E-state index in [1.807, 2.05) is 6.92 Å². The van der Waals surface area contributed by atoms with Crippen molar-refractivity contribution >= 4 is 0 Å². The van der Waals surface area contributed by atoms with Gasteiger partial charge in [0.15, 0.2) is 6.04 Å². The lowest BCUT2D eigenvalue weighted by Gasteiger charge is -2.04. The zero-order valence-electron chi connectivity index (χ0n) is 7.04. The molecule has 12 heavy (non-hydrogen) atoms. The summed E-state index contributed by atoms with van der Waals surface area (Å²) in [6.07, 6.45) is -0.640. The summed E-state index contributed by atoms with van der Waals surface area (Å²) in [4.78, 5) is 0. The van der Waals surface area contributed by atoms with Gasteiger partial charge >= 0.3 is 0 Å². The van der Waals surface area contributed by atoms with Crippen molar-refractivity contribution in [3.63, 3.8) is 0 Å². The molecule has 0 amide bonds. The van der Waals surface area contributed by atoms with Crippen molar-refractivity contribution in [3.8, 4) is 11.8 Å². The molecule has 4 nitrogen and oxygen atoms in total. The fourth-order valence-electron chi connectivity index (χ4n) is 0.501. The van der Waals surface area contributed by atoms with Crippen LogP contribution >= 0.6 is 0 Å². The van der Waals surface area contributed by atoms with Crippen LogP contribution in [0.2, 0.25) is 0 Å². The molecule has 0 bridgehead atoms. The minimum atomic E-state index is -1.18. The van der Waals surface area contributed by atoms with Crippen LogP contribution in [0.25, 0.3) is 0 Å². The number of aliphatic hydroxyl groups is 1. The standard InChI is InChI=1S/C8H13N3O/c1-6(2)4-3-5-7(11-10)8(9)12/h7-8,10,12H,1,4,9H2,2H3/t7-,8?/m0/s1. The molecule has 0 spiro atoms. The van der Waals surface area contributed by atoms with E-state index in [9.17, 15) is 0 Å². The van der Waals surface area contributed by atoms with Crippen molar-refractivity contribution in [3.05, 3.63) is 12.2 Å². The highest BCUT2D eigenvalue weighted by Crippen LogP contribution is 1.95. The third kappa shape index (κ3) is 4.61. The number of nitrogens with one attached hydrogen (secondary N) is 1. The highest BCUT2D eigenvalue weighted by molar-refractivity contribution is 5.14. The van der Waals surface area contributed by atoms with Gasteiger partial charge in [0.1, 0.15) is 6.23 Å². The third-order valence-electron chi connectivity index (χ3n) is 1.10. The van der Waals surface area contributed by atoms with Crippen LogP contribution < -0.4 is 5.73 Å². The zero-order chi connectivity index (χ0) is 9.56. The molecule has 2 atom stereocenters. The van der Waals surface area contributed by atoms with E-state index >= 15 is 0 Å². The van der Waals surface area contributed by atoms with Crippen molar-refractivity contribution in [2.75, 3.05) is 0 Å². The van der Waals surface area contributed by atoms with Crippen molar-refractivity contribution in [1.82, 2.24) is 0 Å². The first-order valence-electron chi connectivity index (χ1n) is 3.51. The Morgan fingerprint density at radius 2 is 2.42 bits per heavy atom. The third-order valence-corrected chi connectivity index (χ3v) is 1.10. The average molecular weight is 167 g/mol. The molecule has 0 radical (unpaired) electrons. The van der Waals surface area contributed by atoms with Gasteiger partial charge in [0.25, 0.3) is 0 Å². The van der Waals surface area contributed by atoms with Crippen LogP contribution in [-0.2, 0) is 0 Å². The smallest absolute Gasteiger partial charge is 0.169 e. The molecule has 0 aliphatic heterocycles. The van der Waals surface area contributed by atoms with Crippen LogP contribution in [-0.4, -0.2) is 17.4 Å². The van der Waals surface area contributed by atoms with Crippen molar-refractivity contribution in [2.24, 2.45) is 10.8 Å². The predicted octanol–water partition coefficient (Wildman–Crippen LogP) is 0.633. The van der Waals surface area contributed by atoms with E-state index in [1.54, 1.807) is 0 Å². The molecule has 0 aromatic rings. The Morgan fingerprint density at radius 1 is 1.83 bits per heavy atom. The molecule has 0 aromatic carbocycles. The summed E-state index contributed by atoms with van der Waals surface area (Å²) in [7, 11) is 0. The molecule has 4 N–H and O–H groups in total. The number of nitrogens with zero attached hydrogens (tertiary/aromatic N) is 1. The van der Waals surface area contributed by atoms with E-state index in [-0.39, 0.29) is 0 Å². The SMILES string of the molecule is C=C(C)CC#C[C@H](N=N)C(N)O. The molecule has 0 rings (SSSR count). The van der Waals surface area contributed by atoms with Crippen LogP contribution in [0.1, 0.15) is 13.3 Å². The molecular formula is C8H13N3O. The summed E-state index contributed by atoms with van der Waals surface area (Å²) >= 11 is 0. The van der Waals surface area contributed by atoms with Crippen molar-refractivity contribution in [1.29, 1.82) is 5.53 Å². The van der Waals surface area contributed by atoms with E-state index < -0.39 is 12.3 Å². The van der Waals surface area contributed by atoms with E-state index in [0.29, 0.717) is 6.42 Å². The van der Waals surface area contributed by atoms with Crippen LogP contribution in [0.4, 0.5) is 0 Å². The molecule has 0 aliphatic rings. The molecule has 0 fully saturated rings. The van der Waals surface area contributed by atoms with Crippen LogP contribution in [0.5, 0.6) is 0 Å². The molecule has 0 aliphatic carbocycles. The van der Waals surface area contributed by atoms with Crippen molar-refractivity contribution < 1.29 is 5.11 Å². The normalized spacial score (nSPS) is 13.9. The van der Waals surface area contributed by atoms with Gasteiger partial charge in [-0.3, -0.25) is 0 Å². The summed E-state index contributed by atoms with van der Waals surface area (Å²) in [6, 6.07) is -0.815. The Labute approximate surface area is 72.0 Å². The molecule has 66 valence electrons. The summed E-state index contributed by atoms with van der Waals surface area (Å²) in [5, 5.41) is 11.9. The Kier molecular flexibility index (Phi) is 4.93. The minimum Gasteiger partial charge on any atom is -0.375 e. The Morgan fingerprint density at radius 3 is 2.75 bits per heavy atom. The number of aliphatic hydroxyl groups excluding tert-OH is 1. The maximum atomic E-state index is 8.82. The van der Waals surface area contributed by atoms with Crippen LogP contribution in [0.3, 0.4) is 0 Å². The molecule has 1 unspecified atom stereocenters. The van der Waals surface area contributed by atoms with Gasteiger partial charge in [-0.2, -0.15) is 5.11 Å². The van der Waals surface area contributed by atoms with Gasteiger partial charge in [-0.05, 0) is 6.92 Å². The lowest BCUT2D eigenvalue weighted by atomic mass is 10.2. The molecule has 0 heterocycles. The molecule has 0 saturated heterocycles. The highest BCUT2D eigenvalue weighted by Gasteiger charge is 2.08. The Bertz CT molecular complexity index is 224. The number of hydrogen-bond donors (Lipinski definition) is 3. The first-order valence-corrected chi connectivity index (χ1v) is 3.51. The van der Waals surface area contributed by atoms with E-state index in [2.05, 4.69) is 23.5 Å². The Hall–Kier alpha value is -1.18. The first-order chi connectivity index (χ1) is 5.57. The maximum Gasteiger partial charge on any atom is 0.169 e. The second-order valence-electron chi connectivity index (χ2n) is 2.52. The monoisotopic (exact) mass is 167 g/mol. The predicted molar refractivity (Wildman–Crippen MR) is 46.3 cm³/mol. The quantitative estimate of drug-likeness (QED) is 0.249. The number of hydrogen-bond acceptors (Lipinski definition) is 4. The Balaban J connectivity index is 4.06. The van der Waals surface area contributed by atoms with Gasteiger partial charge in [0, 0.05) is 6.42 Å². The molecule has 0 saturated carbocycles. The fraction of sp³-hybridized carbons (Fsp3) is 0.500. The van der Waals surface area contributed by atoms with Gasteiger partial charge in [0.2, 0.25) is 0 Å². The average Bonchev–Trinajstić information content (AvgIpc) is 1.96. The lowest BCUT2D eigenvalue weighted by molar-refractivity contribution is 0.168. The van der Waals surface area contributed by atoms with Crippen LogP contribution in [0, 0.1) is 17.4 Å². The lowest BCUT2D eigenvalue weighted by Crippen LogP contribution is -2.31. The second-order valence-corrected chi connectivity index (χ2v) is 2.52. The van der Waals surface area contributed by atoms with Crippen LogP contribution in [0.15, 0.2) is 17.3 Å². The summed E-state index contributed by atoms with van der Waals surface area (Å²) in [5.74, 6) is 5.27. The van der Waals surface area contributed by atoms with E-state index in [0.717, 1.165) is 5.57 Å². The van der Waals surface area contributed by atoms with E-state index in [4.69, 9.17) is 16.4 Å². The highest BCUT2D eigenvalue weighted by atomic mass is 16.3. The molecule has 4 heteroatoms.